The summed E-state index contributed by atoms with van der Waals surface area (Å²) >= 11 is 12.7. The van der Waals surface area contributed by atoms with Crippen molar-refractivity contribution in [1.82, 2.24) is 5.32 Å². The van der Waals surface area contributed by atoms with Crippen LogP contribution in [0, 0.1) is 5.92 Å². The molecule has 0 unspecified atom stereocenters. The van der Waals surface area contributed by atoms with Crippen molar-refractivity contribution in [2.45, 2.75) is 26.2 Å². The number of hydrogen-bond donors (Lipinski definition) is 3. The number of amides is 2. The van der Waals surface area contributed by atoms with Gasteiger partial charge in [0.1, 0.15) is 5.00 Å². The van der Waals surface area contributed by atoms with Crippen LogP contribution in [-0.2, 0) is 12.8 Å². The second-order valence-electron chi connectivity index (χ2n) is 6.31. The van der Waals surface area contributed by atoms with E-state index in [9.17, 15) is 9.59 Å². The predicted octanol–water partition coefficient (Wildman–Crippen LogP) is 3.75. The van der Waals surface area contributed by atoms with E-state index in [1.807, 2.05) is 0 Å². The third kappa shape index (κ3) is 3.90. The molecule has 8 heteroatoms. The molecule has 0 aliphatic heterocycles. The summed E-state index contributed by atoms with van der Waals surface area (Å²) in [5.74, 6) is -0.329. The van der Waals surface area contributed by atoms with Gasteiger partial charge in [-0.25, -0.2) is 0 Å². The molecule has 1 aromatic heterocycles. The number of thiocarbonyl (C=S) groups is 1. The fourth-order valence-corrected chi connectivity index (χ4v) is 4.95. The van der Waals surface area contributed by atoms with Crippen LogP contribution in [-0.4, -0.2) is 16.9 Å². The van der Waals surface area contributed by atoms with Gasteiger partial charge in [0.25, 0.3) is 11.8 Å². The quantitative estimate of drug-likeness (QED) is 0.676. The summed E-state index contributed by atoms with van der Waals surface area (Å²) in [4.78, 5) is 25.4. The first-order valence-electron chi connectivity index (χ1n) is 8.18. The van der Waals surface area contributed by atoms with Crippen molar-refractivity contribution in [3.8, 4) is 0 Å². The lowest BCUT2D eigenvalue weighted by Crippen LogP contribution is -2.34. The van der Waals surface area contributed by atoms with E-state index >= 15 is 0 Å². The Labute approximate surface area is 165 Å². The maximum atomic E-state index is 12.3. The predicted molar refractivity (Wildman–Crippen MR) is 109 cm³/mol. The van der Waals surface area contributed by atoms with Gasteiger partial charge in [-0.05, 0) is 55.1 Å². The number of anilines is 1. The van der Waals surface area contributed by atoms with Crippen LogP contribution in [0.5, 0.6) is 0 Å². The van der Waals surface area contributed by atoms with E-state index in [-0.39, 0.29) is 5.11 Å². The van der Waals surface area contributed by atoms with Crippen LogP contribution in [0.1, 0.15) is 44.5 Å². The molecule has 1 aliphatic rings. The third-order valence-electron chi connectivity index (χ3n) is 4.33. The maximum absolute atomic E-state index is 12.3. The van der Waals surface area contributed by atoms with Gasteiger partial charge < -0.3 is 11.1 Å². The number of rotatable bonds is 3. The molecule has 0 bridgehead atoms. The molecule has 1 heterocycles. The Hall–Kier alpha value is -1.96. The average Bonchev–Trinajstić information content (AvgIpc) is 2.91. The third-order valence-corrected chi connectivity index (χ3v) is 6.03. The highest BCUT2D eigenvalue weighted by atomic mass is 35.5. The molecule has 1 aliphatic carbocycles. The summed E-state index contributed by atoms with van der Waals surface area (Å²) in [5.41, 5.74) is 7.39. The lowest BCUT2D eigenvalue weighted by molar-refractivity contribution is 0.0975. The molecule has 0 saturated carbocycles. The van der Waals surface area contributed by atoms with E-state index in [2.05, 4.69) is 17.6 Å². The number of nitrogens with two attached hydrogens (primary N) is 1. The zero-order valence-electron chi connectivity index (χ0n) is 14.1. The molecule has 1 aromatic carbocycles. The fourth-order valence-electron chi connectivity index (χ4n) is 3.05. The van der Waals surface area contributed by atoms with Gasteiger partial charge in [-0.15, -0.1) is 11.3 Å². The number of thiophene rings is 1. The van der Waals surface area contributed by atoms with E-state index in [1.54, 1.807) is 24.3 Å². The van der Waals surface area contributed by atoms with E-state index in [4.69, 9.17) is 29.6 Å². The van der Waals surface area contributed by atoms with Crippen LogP contribution in [0.25, 0.3) is 0 Å². The Bertz CT molecular complexity index is 895. The largest absolute Gasteiger partial charge is 0.365 e. The van der Waals surface area contributed by atoms with Gasteiger partial charge in [0.05, 0.1) is 16.1 Å². The lowest BCUT2D eigenvalue weighted by atomic mass is 9.88. The van der Waals surface area contributed by atoms with Gasteiger partial charge in [0.15, 0.2) is 5.11 Å². The molecule has 2 amide bonds. The lowest BCUT2D eigenvalue weighted by Gasteiger charge is -2.18. The summed E-state index contributed by atoms with van der Waals surface area (Å²) in [6.45, 7) is 2.19. The van der Waals surface area contributed by atoms with Crippen molar-refractivity contribution in [2.24, 2.45) is 11.7 Å². The van der Waals surface area contributed by atoms with E-state index in [0.29, 0.717) is 27.1 Å². The number of hydrogen-bond acceptors (Lipinski definition) is 4. The second kappa shape index (κ2) is 7.73. The van der Waals surface area contributed by atoms with Crippen LogP contribution in [0.3, 0.4) is 0 Å². The molecule has 0 radical (unpaired) electrons. The Morgan fingerprint density at radius 2 is 2.08 bits per heavy atom. The molecule has 2 aromatic rings. The summed E-state index contributed by atoms with van der Waals surface area (Å²) < 4.78 is 0. The highest BCUT2D eigenvalue weighted by Crippen LogP contribution is 2.39. The van der Waals surface area contributed by atoms with E-state index in [0.717, 1.165) is 29.7 Å². The number of primary amides is 1. The Kier molecular flexibility index (Phi) is 5.60. The van der Waals surface area contributed by atoms with Crippen molar-refractivity contribution in [1.29, 1.82) is 0 Å². The first kappa shape index (κ1) is 18.8. The average molecular weight is 408 g/mol. The van der Waals surface area contributed by atoms with Crippen LogP contribution in [0.15, 0.2) is 24.3 Å². The number of carbonyl (C=O) groups is 2. The highest BCUT2D eigenvalue weighted by molar-refractivity contribution is 7.80. The topological polar surface area (TPSA) is 84.2 Å². The Balaban J connectivity index is 1.78. The zero-order valence-corrected chi connectivity index (χ0v) is 16.5. The van der Waals surface area contributed by atoms with Gasteiger partial charge in [-0.2, -0.15) is 0 Å². The Morgan fingerprint density at radius 1 is 1.35 bits per heavy atom. The number of fused-ring (bicyclic) bond motifs is 1. The molecule has 1 atom stereocenters. The number of halogens is 1. The Morgan fingerprint density at radius 3 is 2.77 bits per heavy atom. The molecule has 5 nitrogen and oxygen atoms in total. The highest BCUT2D eigenvalue weighted by Gasteiger charge is 2.27. The minimum atomic E-state index is -0.486. The smallest absolute Gasteiger partial charge is 0.258 e. The minimum Gasteiger partial charge on any atom is -0.365 e. The molecule has 0 fully saturated rings. The zero-order chi connectivity index (χ0) is 18.8. The molecule has 136 valence electrons. The number of nitrogens with one attached hydrogen (secondary N) is 2. The monoisotopic (exact) mass is 407 g/mol. The minimum absolute atomic E-state index is 0.101. The summed E-state index contributed by atoms with van der Waals surface area (Å²) in [6.07, 6.45) is 2.77. The second-order valence-corrected chi connectivity index (χ2v) is 8.23. The molecule has 26 heavy (non-hydrogen) atoms. The first-order chi connectivity index (χ1) is 12.4. The molecule has 0 spiro atoms. The molecule has 0 saturated heterocycles. The number of carbonyl (C=O) groups excluding carboxylic acids is 2. The molecule has 4 N–H and O–H groups in total. The molecular formula is C18H18ClN3O2S2. The maximum Gasteiger partial charge on any atom is 0.258 e. The normalized spacial score (nSPS) is 15.8. The standard InChI is InChI=1S/C18H18ClN3O2S2/c1-9-6-7-11-13(8-9)26-17(14(11)15(20)23)22-18(25)21-16(24)10-4-2-3-5-12(10)19/h2-5,9H,6-8H2,1H3,(H2,20,23)(H2,21,22,24,25)/t9-/m0/s1. The summed E-state index contributed by atoms with van der Waals surface area (Å²) in [7, 11) is 0. The van der Waals surface area contributed by atoms with E-state index < -0.39 is 11.8 Å². The summed E-state index contributed by atoms with van der Waals surface area (Å²) in [6, 6.07) is 6.70. The van der Waals surface area contributed by atoms with Crippen LogP contribution >= 0.6 is 35.2 Å². The fraction of sp³-hybridized carbons (Fsp3) is 0.278. The van der Waals surface area contributed by atoms with Gasteiger partial charge in [0, 0.05) is 4.88 Å². The van der Waals surface area contributed by atoms with Crippen molar-refractivity contribution in [2.75, 3.05) is 5.32 Å². The van der Waals surface area contributed by atoms with Gasteiger partial charge in [-0.1, -0.05) is 30.7 Å². The molecular weight excluding hydrogens is 390 g/mol. The van der Waals surface area contributed by atoms with Gasteiger partial charge in [0.2, 0.25) is 0 Å². The first-order valence-corrected chi connectivity index (χ1v) is 9.78. The van der Waals surface area contributed by atoms with Crippen molar-refractivity contribution >= 4 is 57.1 Å². The van der Waals surface area contributed by atoms with Gasteiger partial charge >= 0.3 is 0 Å². The molecule has 3 rings (SSSR count). The van der Waals surface area contributed by atoms with Gasteiger partial charge in [-0.3, -0.25) is 14.9 Å². The van der Waals surface area contributed by atoms with Crippen molar-refractivity contribution in [3.05, 3.63) is 50.9 Å². The van der Waals surface area contributed by atoms with Crippen LogP contribution < -0.4 is 16.4 Å². The van der Waals surface area contributed by atoms with Crippen LogP contribution in [0.2, 0.25) is 5.02 Å². The van der Waals surface area contributed by atoms with Crippen molar-refractivity contribution in [3.63, 3.8) is 0 Å². The summed E-state index contributed by atoms with van der Waals surface area (Å²) in [5, 5.41) is 6.57. The van der Waals surface area contributed by atoms with Crippen LogP contribution in [0.4, 0.5) is 5.00 Å². The van der Waals surface area contributed by atoms with Crippen molar-refractivity contribution < 1.29 is 9.59 Å². The van der Waals surface area contributed by atoms with E-state index in [1.165, 1.54) is 11.3 Å². The SMILES string of the molecule is C[C@H]1CCc2c(sc(NC(=S)NC(=O)c3ccccc3Cl)c2C(N)=O)C1. The number of benzene rings is 1.